The lowest BCUT2D eigenvalue weighted by molar-refractivity contribution is 0.0701. The van der Waals surface area contributed by atoms with Gasteiger partial charge in [-0.2, -0.15) is 0 Å². The van der Waals surface area contributed by atoms with Crippen molar-refractivity contribution in [3.05, 3.63) is 34.0 Å². The molecule has 0 aliphatic heterocycles. The zero-order chi connectivity index (χ0) is 10.7. The number of rotatable bonds is 4. The van der Waals surface area contributed by atoms with Gasteiger partial charge in [0.25, 0.3) is 0 Å². The van der Waals surface area contributed by atoms with Crippen LogP contribution in [0.4, 0.5) is 0 Å². The van der Waals surface area contributed by atoms with E-state index in [9.17, 15) is 4.79 Å². The van der Waals surface area contributed by atoms with E-state index in [-0.39, 0.29) is 0 Å². The molecule has 0 atom stereocenters. The number of nitrogens with one attached hydrogen (secondary N) is 1. The van der Waals surface area contributed by atoms with Crippen LogP contribution in [0.1, 0.15) is 28.1 Å². The van der Waals surface area contributed by atoms with E-state index in [4.69, 9.17) is 5.11 Å². The van der Waals surface area contributed by atoms with Gasteiger partial charge in [0.1, 0.15) is 4.88 Å². The van der Waals surface area contributed by atoms with Crippen molar-refractivity contribution in [2.45, 2.75) is 25.4 Å². The number of aromatic carboxylic acids is 1. The van der Waals surface area contributed by atoms with E-state index in [0.29, 0.717) is 17.5 Å². The lowest BCUT2D eigenvalue weighted by Gasteiger charge is -2.11. The van der Waals surface area contributed by atoms with Crippen molar-refractivity contribution in [1.29, 1.82) is 0 Å². The van der Waals surface area contributed by atoms with Crippen LogP contribution in [0.15, 0.2) is 23.6 Å². The van der Waals surface area contributed by atoms with Crippen LogP contribution < -0.4 is 5.32 Å². The predicted molar refractivity (Wildman–Crippen MR) is 60.3 cm³/mol. The fourth-order valence-corrected chi connectivity index (χ4v) is 2.46. The Morgan fingerprint density at radius 3 is 2.93 bits per heavy atom. The average Bonchev–Trinajstić information content (AvgIpc) is 2.86. The summed E-state index contributed by atoms with van der Waals surface area (Å²) in [5.41, 5.74) is 0.888. The number of carbonyl (C=O) groups is 1. The SMILES string of the molecule is O=C(O)c1sccc1CNC1CC=CC1. The summed E-state index contributed by atoms with van der Waals surface area (Å²) in [6.07, 6.45) is 6.41. The van der Waals surface area contributed by atoms with E-state index in [1.54, 1.807) is 0 Å². The van der Waals surface area contributed by atoms with Crippen LogP contribution in [0.5, 0.6) is 0 Å². The molecule has 0 amide bonds. The molecule has 1 aromatic rings. The van der Waals surface area contributed by atoms with Gasteiger partial charge in [-0.25, -0.2) is 4.79 Å². The maximum atomic E-state index is 10.8. The minimum Gasteiger partial charge on any atom is -0.477 e. The topological polar surface area (TPSA) is 49.3 Å². The van der Waals surface area contributed by atoms with Crippen molar-refractivity contribution in [3.63, 3.8) is 0 Å². The van der Waals surface area contributed by atoms with Crippen molar-refractivity contribution in [2.24, 2.45) is 0 Å². The number of hydrogen-bond donors (Lipinski definition) is 2. The molecule has 1 aliphatic carbocycles. The summed E-state index contributed by atoms with van der Waals surface area (Å²) in [5, 5.41) is 14.1. The van der Waals surface area contributed by atoms with Gasteiger partial charge in [-0.1, -0.05) is 12.2 Å². The van der Waals surface area contributed by atoms with Crippen molar-refractivity contribution in [2.75, 3.05) is 0 Å². The molecule has 2 N–H and O–H groups in total. The molecule has 0 unspecified atom stereocenters. The van der Waals surface area contributed by atoms with Crippen LogP contribution in [0.3, 0.4) is 0 Å². The van der Waals surface area contributed by atoms with Gasteiger partial charge >= 0.3 is 5.97 Å². The lowest BCUT2D eigenvalue weighted by atomic mass is 10.2. The Labute approximate surface area is 92.4 Å². The van der Waals surface area contributed by atoms with Gasteiger partial charge in [0.05, 0.1) is 0 Å². The first-order chi connectivity index (χ1) is 7.27. The molecule has 2 rings (SSSR count). The molecule has 0 radical (unpaired) electrons. The molecule has 1 aliphatic rings. The fourth-order valence-electron chi connectivity index (χ4n) is 1.70. The van der Waals surface area contributed by atoms with Gasteiger partial charge in [0.15, 0.2) is 0 Å². The highest BCUT2D eigenvalue weighted by Crippen LogP contribution is 2.17. The zero-order valence-corrected chi connectivity index (χ0v) is 9.09. The third-order valence-corrected chi connectivity index (χ3v) is 3.47. The Hall–Kier alpha value is -1.13. The minimum absolute atomic E-state index is 0.452. The van der Waals surface area contributed by atoms with Crippen molar-refractivity contribution >= 4 is 17.3 Å². The van der Waals surface area contributed by atoms with Gasteiger partial charge in [0.2, 0.25) is 0 Å². The first-order valence-corrected chi connectivity index (χ1v) is 5.83. The number of thiophene rings is 1. The highest BCUT2D eigenvalue weighted by Gasteiger charge is 2.14. The Bertz CT molecular complexity index is 376. The average molecular weight is 223 g/mol. The van der Waals surface area contributed by atoms with Crippen LogP contribution in [-0.2, 0) is 6.54 Å². The molecule has 0 aromatic carbocycles. The summed E-state index contributed by atoms with van der Waals surface area (Å²) < 4.78 is 0. The third kappa shape index (κ3) is 2.46. The van der Waals surface area contributed by atoms with Gasteiger partial charge in [-0.3, -0.25) is 0 Å². The van der Waals surface area contributed by atoms with Gasteiger partial charge in [-0.15, -0.1) is 11.3 Å². The molecule has 0 fully saturated rings. The highest BCUT2D eigenvalue weighted by molar-refractivity contribution is 7.12. The highest BCUT2D eigenvalue weighted by atomic mass is 32.1. The van der Waals surface area contributed by atoms with Gasteiger partial charge < -0.3 is 10.4 Å². The molecule has 15 heavy (non-hydrogen) atoms. The monoisotopic (exact) mass is 223 g/mol. The first kappa shape index (κ1) is 10.4. The van der Waals surface area contributed by atoms with Crippen molar-refractivity contribution in [1.82, 2.24) is 5.32 Å². The fraction of sp³-hybridized carbons (Fsp3) is 0.364. The Balaban J connectivity index is 1.92. The Kier molecular flexibility index (Phi) is 3.18. The van der Waals surface area contributed by atoms with E-state index in [2.05, 4.69) is 17.5 Å². The molecule has 0 bridgehead atoms. The van der Waals surface area contributed by atoms with Gasteiger partial charge in [0, 0.05) is 12.6 Å². The van der Waals surface area contributed by atoms with E-state index in [0.717, 1.165) is 18.4 Å². The number of carboxylic acid groups (broad SMARTS) is 1. The molecule has 0 saturated heterocycles. The summed E-state index contributed by atoms with van der Waals surface area (Å²) in [7, 11) is 0. The standard InChI is InChI=1S/C11H13NO2S/c13-11(14)10-8(5-6-15-10)7-12-9-3-1-2-4-9/h1-2,5-6,9,12H,3-4,7H2,(H,13,14). The van der Waals surface area contributed by atoms with E-state index in [1.165, 1.54) is 11.3 Å². The molecular weight excluding hydrogens is 210 g/mol. The van der Waals surface area contributed by atoms with Crippen molar-refractivity contribution in [3.8, 4) is 0 Å². The van der Waals surface area contributed by atoms with Crippen LogP contribution in [0.25, 0.3) is 0 Å². The summed E-state index contributed by atoms with van der Waals surface area (Å²) in [5.74, 6) is -0.827. The summed E-state index contributed by atoms with van der Waals surface area (Å²) in [6.45, 7) is 0.650. The maximum absolute atomic E-state index is 10.8. The van der Waals surface area contributed by atoms with E-state index < -0.39 is 5.97 Å². The summed E-state index contributed by atoms with van der Waals surface area (Å²) in [6, 6.07) is 2.36. The predicted octanol–water partition coefficient (Wildman–Crippen LogP) is 2.25. The molecule has 80 valence electrons. The lowest BCUT2D eigenvalue weighted by Crippen LogP contribution is -2.26. The zero-order valence-electron chi connectivity index (χ0n) is 8.27. The molecule has 1 heterocycles. The first-order valence-electron chi connectivity index (χ1n) is 4.95. The Morgan fingerprint density at radius 1 is 1.53 bits per heavy atom. The van der Waals surface area contributed by atoms with Crippen LogP contribution >= 0.6 is 11.3 Å². The molecular formula is C11H13NO2S. The van der Waals surface area contributed by atoms with Gasteiger partial charge in [-0.05, 0) is 29.9 Å². The van der Waals surface area contributed by atoms with Crippen molar-refractivity contribution < 1.29 is 9.90 Å². The largest absolute Gasteiger partial charge is 0.477 e. The second kappa shape index (κ2) is 4.59. The second-order valence-electron chi connectivity index (χ2n) is 3.60. The summed E-state index contributed by atoms with van der Waals surface area (Å²) in [4.78, 5) is 11.3. The smallest absolute Gasteiger partial charge is 0.346 e. The molecule has 0 spiro atoms. The quantitative estimate of drug-likeness (QED) is 0.770. The number of carboxylic acids is 1. The normalized spacial score (nSPS) is 16.0. The molecule has 4 heteroatoms. The Morgan fingerprint density at radius 2 is 2.27 bits per heavy atom. The number of hydrogen-bond acceptors (Lipinski definition) is 3. The van der Waals surface area contributed by atoms with Crippen LogP contribution in [0.2, 0.25) is 0 Å². The third-order valence-electron chi connectivity index (χ3n) is 2.53. The van der Waals surface area contributed by atoms with Crippen LogP contribution in [0, 0.1) is 0 Å². The van der Waals surface area contributed by atoms with E-state index >= 15 is 0 Å². The van der Waals surface area contributed by atoms with Crippen LogP contribution in [-0.4, -0.2) is 17.1 Å². The molecule has 3 nitrogen and oxygen atoms in total. The molecule has 1 aromatic heterocycles. The summed E-state index contributed by atoms with van der Waals surface area (Å²) >= 11 is 1.28. The minimum atomic E-state index is -0.827. The molecule has 0 saturated carbocycles. The van der Waals surface area contributed by atoms with E-state index in [1.807, 2.05) is 11.4 Å². The second-order valence-corrected chi connectivity index (χ2v) is 4.52. The maximum Gasteiger partial charge on any atom is 0.346 e.